The Labute approximate surface area is 122 Å². The van der Waals surface area contributed by atoms with Crippen LogP contribution in [-0.2, 0) is 15.6 Å². The Morgan fingerprint density at radius 1 is 1.35 bits per heavy atom. The van der Waals surface area contributed by atoms with Crippen LogP contribution in [0.3, 0.4) is 0 Å². The van der Waals surface area contributed by atoms with E-state index in [0.717, 1.165) is 23.5 Å². The summed E-state index contributed by atoms with van der Waals surface area (Å²) in [6.45, 7) is 0. The van der Waals surface area contributed by atoms with E-state index in [0.29, 0.717) is 10.4 Å². The third-order valence-corrected chi connectivity index (χ3v) is 6.15. The molecule has 0 amide bonds. The standard InChI is InChI=1S/C12H6ClFO4S2/c13-7-3-10-6(2-8(7)14)11-5(4-20(10,17)18)1-9(19-11)12(15)16/h1-3H,4H2,(H,15,16). The van der Waals surface area contributed by atoms with Crippen LogP contribution in [0.25, 0.3) is 10.4 Å². The Hall–Kier alpha value is -1.44. The Morgan fingerprint density at radius 3 is 2.70 bits per heavy atom. The van der Waals surface area contributed by atoms with Gasteiger partial charge in [0.05, 0.1) is 15.7 Å². The minimum Gasteiger partial charge on any atom is -0.477 e. The number of thiophene rings is 1. The highest BCUT2D eigenvalue weighted by molar-refractivity contribution is 7.91. The normalized spacial score (nSPS) is 15.5. The molecule has 0 saturated carbocycles. The lowest BCUT2D eigenvalue weighted by Gasteiger charge is -2.17. The largest absolute Gasteiger partial charge is 0.477 e. The molecular formula is C12H6ClFO4S2. The van der Waals surface area contributed by atoms with Gasteiger partial charge in [0.1, 0.15) is 10.7 Å². The van der Waals surface area contributed by atoms with Crippen LogP contribution in [0.1, 0.15) is 15.2 Å². The number of sulfone groups is 1. The van der Waals surface area contributed by atoms with Crippen LogP contribution < -0.4 is 0 Å². The lowest BCUT2D eigenvalue weighted by atomic mass is 10.1. The summed E-state index contributed by atoms with van der Waals surface area (Å²) >= 11 is 6.55. The van der Waals surface area contributed by atoms with E-state index < -0.39 is 21.6 Å². The molecular weight excluding hydrogens is 327 g/mol. The Bertz CT molecular complexity index is 855. The first-order valence-corrected chi connectivity index (χ1v) is 8.22. The van der Waals surface area contributed by atoms with E-state index >= 15 is 0 Å². The number of fused-ring (bicyclic) bond motifs is 3. The molecule has 1 aliphatic rings. The molecule has 0 radical (unpaired) electrons. The molecule has 0 saturated heterocycles. The van der Waals surface area contributed by atoms with Gasteiger partial charge in [0.15, 0.2) is 9.84 Å². The maximum absolute atomic E-state index is 13.6. The van der Waals surface area contributed by atoms with Gasteiger partial charge in [-0.3, -0.25) is 0 Å². The van der Waals surface area contributed by atoms with Crippen molar-refractivity contribution < 1.29 is 22.7 Å². The molecule has 2 aromatic rings. The topological polar surface area (TPSA) is 71.4 Å². The molecule has 2 heterocycles. The Kier molecular flexibility index (Phi) is 2.89. The zero-order valence-corrected chi connectivity index (χ0v) is 12.1. The van der Waals surface area contributed by atoms with Crippen LogP contribution in [0.15, 0.2) is 23.1 Å². The van der Waals surface area contributed by atoms with Crippen molar-refractivity contribution in [3.05, 3.63) is 39.5 Å². The van der Waals surface area contributed by atoms with Crippen molar-refractivity contribution in [2.45, 2.75) is 10.6 Å². The van der Waals surface area contributed by atoms with Gasteiger partial charge >= 0.3 is 5.97 Å². The second-order valence-corrected chi connectivity index (χ2v) is 7.71. The van der Waals surface area contributed by atoms with Crippen molar-refractivity contribution in [2.75, 3.05) is 0 Å². The van der Waals surface area contributed by atoms with E-state index in [2.05, 4.69) is 0 Å². The van der Waals surface area contributed by atoms with Crippen molar-refractivity contribution in [1.29, 1.82) is 0 Å². The van der Waals surface area contributed by atoms with Crippen LogP contribution in [-0.4, -0.2) is 19.5 Å². The second-order valence-electron chi connectivity index (χ2n) is 4.29. The number of carboxylic acid groups (broad SMARTS) is 1. The molecule has 0 fully saturated rings. The van der Waals surface area contributed by atoms with Gasteiger partial charge in [0, 0.05) is 10.4 Å². The molecule has 20 heavy (non-hydrogen) atoms. The first-order valence-electron chi connectivity index (χ1n) is 5.38. The predicted octanol–water partition coefficient (Wildman–Crippen LogP) is 3.19. The molecule has 1 aromatic carbocycles. The van der Waals surface area contributed by atoms with E-state index in [4.69, 9.17) is 16.7 Å². The van der Waals surface area contributed by atoms with Crippen molar-refractivity contribution in [1.82, 2.24) is 0 Å². The highest BCUT2D eigenvalue weighted by Gasteiger charge is 2.32. The predicted molar refractivity (Wildman–Crippen MR) is 72.6 cm³/mol. The molecule has 1 aromatic heterocycles. The molecule has 3 rings (SSSR count). The minimum atomic E-state index is -3.64. The molecule has 4 nitrogen and oxygen atoms in total. The molecule has 0 atom stereocenters. The zero-order valence-electron chi connectivity index (χ0n) is 9.68. The minimum absolute atomic E-state index is 0.0217. The lowest BCUT2D eigenvalue weighted by Crippen LogP contribution is -2.11. The molecule has 0 aliphatic carbocycles. The number of aromatic carboxylic acids is 1. The molecule has 0 spiro atoms. The fourth-order valence-electron chi connectivity index (χ4n) is 2.12. The summed E-state index contributed by atoms with van der Waals surface area (Å²) in [5.41, 5.74) is 0.548. The number of carboxylic acids is 1. The van der Waals surface area contributed by atoms with Gasteiger partial charge < -0.3 is 5.11 Å². The van der Waals surface area contributed by atoms with Gasteiger partial charge in [-0.25, -0.2) is 17.6 Å². The van der Waals surface area contributed by atoms with Gasteiger partial charge in [0.25, 0.3) is 0 Å². The highest BCUT2D eigenvalue weighted by atomic mass is 35.5. The second kappa shape index (κ2) is 4.28. The van der Waals surface area contributed by atoms with E-state index in [-0.39, 0.29) is 26.1 Å². The van der Waals surface area contributed by atoms with Crippen LogP contribution >= 0.6 is 22.9 Å². The average molecular weight is 333 g/mol. The quantitative estimate of drug-likeness (QED) is 0.814. The number of hydrogen-bond acceptors (Lipinski definition) is 4. The van der Waals surface area contributed by atoms with Crippen molar-refractivity contribution in [3.8, 4) is 10.4 Å². The number of carbonyl (C=O) groups is 1. The number of rotatable bonds is 1. The SMILES string of the molecule is O=C(O)c1cc2c(s1)-c1cc(F)c(Cl)cc1S(=O)(=O)C2. The first-order chi connectivity index (χ1) is 9.29. The smallest absolute Gasteiger partial charge is 0.345 e. The third kappa shape index (κ3) is 1.93. The number of halogens is 2. The zero-order chi connectivity index (χ0) is 14.7. The highest BCUT2D eigenvalue weighted by Crippen LogP contribution is 2.44. The summed E-state index contributed by atoms with van der Waals surface area (Å²) in [6, 6.07) is 3.43. The Morgan fingerprint density at radius 2 is 2.05 bits per heavy atom. The van der Waals surface area contributed by atoms with Gasteiger partial charge in [-0.2, -0.15) is 0 Å². The van der Waals surface area contributed by atoms with E-state index in [1.165, 1.54) is 6.07 Å². The molecule has 0 unspecified atom stereocenters. The van der Waals surface area contributed by atoms with E-state index in [1.807, 2.05) is 0 Å². The van der Waals surface area contributed by atoms with Crippen LogP contribution in [0.5, 0.6) is 0 Å². The summed E-state index contributed by atoms with van der Waals surface area (Å²) in [5, 5.41) is 8.70. The van der Waals surface area contributed by atoms with Gasteiger partial charge in [-0.15, -0.1) is 11.3 Å². The Balaban J connectivity index is 2.36. The maximum Gasteiger partial charge on any atom is 0.345 e. The number of hydrogen-bond donors (Lipinski definition) is 1. The average Bonchev–Trinajstić information content (AvgIpc) is 2.75. The molecule has 104 valence electrons. The molecule has 0 bridgehead atoms. The third-order valence-electron chi connectivity index (χ3n) is 2.97. The monoisotopic (exact) mass is 332 g/mol. The summed E-state index contributed by atoms with van der Waals surface area (Å²) in [4.78, 5) is 11.4. The maximum atomic E-state index is 13.6. The summed E-state index contributed by atoms with van der Waals surface area (Å²) in [5.74, 6) is -2.18. The van der Waals surface area contributed by atoms with Crippen molar-refractivity contribution >= 4 is 38.7 Å². The van der Waals surface area contributed by atoms with E-state index in [9.17, 15) is 17.6 Å². The van der Waals surface area contributed by atoms with Crippen LogP contribution in [0, 0.1) is 5.82 Å². The molecule has 1 N–H and O–H groups in total. The molecule has 8 heteroatoms. The number of benzene rings is 1. The van der Waals surface area contributed by atoms with Gasteiger partial charge in [-0.1, -0.05) is 11.6 Å². The fourth-order valence-corrected chi connectivity index (χ4v) is 5.13. The van der Waals surface area contributed by atoms with Gasteiger partial charge in [0.2, 0.25) is 0 Å². The van der Waals surface area contributed by atoms with E-state index in [1.54, 1.807) is 0 Å². The van der Waals surface area contributed by atoms with Crippen molar-refractivity contribution in [3.63, 3.8) is 0 Å². The summed E-state index contributed by atoms with van der Waals surface area (Å²) in [6.07, 6.45) is 0. The van der Waals surface area contributed by atoms with Gasteiger partial charge in [-0.05, 0) is 23.8 Å². The van der Waals surface area contributed by atoms with Crippen LogP contribution in [0.2, 0.25) is 5.02 Å². The lowest BCUT2D eigenvalue weighted by molar-refractivity contribution is 0.0702. The molecule has 1 aliphatic heterocycles. The summed E-state index contributed by atoms with van der Waals surface area (Å²) in [7, 11) is -3.64. The first kappa shape index (κ1) is 13.5. The fraction of sp³-hybridized carbons (Fsp3) is 0.0833. The summed E-state index contributed by atoms with van der Waals surface area (Å²) < 4.78 is 37.9. The van der Waals surface area contributed by atoms with Crippen LogP contribution in [0.4, 0.5) is 4.39 Å². The van der Waals surface area contributed by atoms with Crippen molar-refractivity contribution in [2.24, 2.45) is 0 Å².